The molecule has 0 atom stereocenters. The summed E-state index contributed by atoms with van der Waals surface area (Å²) in [6.45, 7) is 0. The maximum absolute atomic E-state index is 12.3. The Labute approximate surface area is 166 Å². The number of hydrogen-bond acceptors (Lipinski definition) is 5. The molecule has 0 unspecified atom stereocenters. The molecule has 0 radical (unpaired) electrons. The molecular formula is C18H12ClN5OS2. The molecular weight excluding hydrogens is 402 g/mol. The van der Waals surface area contributed by atoms with Crippen molar-refractivity contribution in [2.24, 2.45) is 0 Å². The van der Waals surface area contributed by atoms with Gasteiger partial charge in [0.25, 0.3) is 5.56 Å². The third kappa shape index (κ3) is 3.16. The van der Waals surface area contributed by atoms with Crippen LogP contribution in [0.15, 0.2) is 57.7 Å². The Hall–Kier alpha value is -2.55. The number of hydrogen-bond donors (Lipinski definition) is 2. The van der Waals surface area contributed by atoms with Gasteiger partial charge in [0.1, 0.15) is 0 Å². The molecule has 2 N–H and O–H groups in total. The van der Waals surface area contributed by atoms with Crippen LogP contribution < -0.4 is 5.56 Å². The summed E-state index contributed by atoms with van der Waals surface area (Å²) in [5, 5.41) is 3.79. The van der Waals surface area contributed by atoms with Crippen molar-refractivity contribution in [2.45, 2.75) is 10.1 Å². The first-order valence-corrected chi connectivity index (χ1v) is 10.3. The third-order valence-corrected chi connectivity index (χ3v) is 6.51. The van der Waals surface area contributed by atoms with Crippen LogP contribution in [0.1, 0.15) is 5.69 Å². The quantitative estimate of drug-likeness (QED) is 0.422. The molecule has 0 saturated heterocycles. The van der Waals surface area contributed by atoms with E-state index in [4.69, 9.17) is 11.6 Å². The van der Waals surface area contributed by atoms with Crippen LogP contribution in [0.5, 0.6) is 0 Å². The summed E-state index contributed by atoms with van der Waals surface area (Å²) < 4.78 is 3.45. The lowest BCUT2D eigenvalue weighted by Crippen LogP contribution is -2.14. The van der Waals surface area contributed by atoms with Gasteiger partial charge >= 0.3 is 0 Å². The smallest absolute Gasteiger partial charge is 0.274 e. The molecule has 0 aliphatic rings. The molecule has 0 amide bonds. The van der Waals surface area contributed by atoms with Crippen molar-refractivity contribution in [3.63, 3.8) is 0 Å². The zero-order valence-corrected chi connectivity index (χ0v) is 16.2. The van der Waals surface area contributed by atoms with Crippen LogP contribution in [0, 0.1) is 0 Å². The summed E-state index contributed by atoms with van der Waals surface area (Å²) in [5.74, 6) is 1.09. The molecule has 27 heavy (non-hydrogen) atoms. The number of rotatable bonds is 4. The SMILES string of the molecule is O=c1cc(CSc2nc3cc(Cl)ccc3s2)[nH]n1-c1nc2ccccc2[nH]1. The fraction of sp³-hybridized carbons (Fsp3) is 0.0556. The van der Waals surface area contributed by atoms with Crippen LogP contribution in [-0.2, 0) is 5.75 Å². The van der Waals surface area contributed by atoms with Crippen LogP contribution in [0.3, 0.4) is 0 Å². The van der Waals surface area contributed by atoms with Crippen LogP contribution >= 0.6 is 34.7 Å². The molecule has 0 aliphatic heterocycles. The Morgan fingerprint density at radius 1 is 1.11 bits per heavy atom. The fourth-order valence-corrected chi connectivity index (χ4v) is 4.92. The van der Waals surface area contributed by atoms with Crippen molar-refractivity contribution in [1.82, 2.24) is 24.7 Å². The van der Waals surface area contributed by atoms with Crippen LogP contribution in [0.4, 0.5) is 0 Å². The number of benzene rings is 2. The Balaban J connectivity index is 1.39. The normalized spacial score (nSPS) is 11.6. The van der Waals surface area contributed by atoms with Gasteiger partial charge in [-0.1, -0.05) is 35.5 Å². The largest absolute Gasteiger partial charge is 0.322 e. The van der Waals surface area contributed by atoms with Crippen LogP contribution in [0.25, 0.3) is 27.2 Å². The van der Waals surface area contributed by atoms with Gasteiger partial charge in [-0.2, -0.15) is 4.68 Å². The molecule has 3 aromatic heterocycles. The van der Waals surface area contributed by atoms with Gasteiger partial charge in [-0.25, -0.2) is 9.97 Å². The average Bonchev–Trinajstić information content (AvgIpc) is 3.34. The zero-order chi connectivity index (χ0) is 18.4. The molecule has 3 heterocycles. The van der Waals surface area contributed by atoms with Crippen molar-refractivity contribution in [1.29, 1.82) is 0 Å². The second-order valence-corrected chi connectivity index (χ2v) is 8.60. The highest BCUT2D eigenvalue weighted by Crippen LogP contribution is 2.32. The number of thiazole rings is 1. The van der Waals surface area contributed by atoms with E-state index >= 15 is 0 Å². The van der Waals surface area contributed by atoms with Gasteiger partial charge in [-0.05, 0) is 30.3 Å². The van der Waals surface area contributed by atoms with Crippen molar-refractivity contribution in [3.8, 4) is 5.95 Å². The number of fused-ring (bicyclic) bond motifs is 2. The van der Waals surface area contributed by atoms with Gasteiger partial charge in [0.2, 0.25) is 5.95 Å². The van der Waals surface area contributed by atoms with Gasteiger partial charge < -0.3 is 4.98 Å². The summed E-state index contributed by atoms with van der Waals surface area (Å²) in [5.41, 5.74) is 3.25. The number of H-pyrrole nitrogens is 2. The van der Waals surface area contributed by atoms with E-state index in [0.717, 1.165) is 31.3 Å². The maximum Gasteiger partial charge on any atom is 0.274 e. The highest BCUT2D eigenvalue weighted by atomic mass is 35.5. The molecule has 0 bridgehead atoms. The van der Waals surface area contributed by atoms with Crippen molar-refractivity contribution < 1.29 is 0 Å². The Kier molecular flexibility index (Phi) is 4.04. The number of nitrogens with one attached hydrogen (secondary N) is 2. The van der Waals surface area contributed by atoms with Crippen molar-refractivity contribution >= 4 is 55.9 Å². The number of thioether (sulfide) groups is 1. The lowest BCUT2D eigenvalue weighted by Gasteiger charge is -1.97. The zero-order valence-electron chi connectivity index (χ0n) is 13.8. The third-order valence-electron chi connectivity index (χ3n) is 4.04. The minimum atomic E-state index is -0.152. The van der Waals surface area contributed by atoms with E-state index in [0.29, 0.717) is 16.7 Å². The predicted octanol–water partition coefficient (Wildman–Crippen LogP) is 4.60. The molecule has 5 rings (SSSR count). The van der Waals surface area contributed by atoms with Gasteiger partial charge in [-0.3, -0.25) is 9.89 Å². The van der Waals surface area contributed by atoms with Crippen LogP contribution in [0.2, 0.25) is 5.02 Å². The molecule has 0 saturated carbocycles. The number of para-hydroxylation sites is 2. The van der Waals surface area contributed by atoms with E-state index in [1.165, 1.54) is 4.68 Å². The molecule has 6 nitrogen and oxygen atoms in total. The second kappa shape index (κ2) is 6.56. The summed E-state index contributed by atoms with van der Waals surface area (Å²) in [6, 6.07) is 14.9. The first-order valence-electron chi connectivity index (χ1n) is 8.11. The Morgan fingerprint density at radius 2 is 2.00 bits per heavy atom. The monoisotopic (exact) mass is 413 g/mol. The highest BCUT2D eigenvalue weighted by molar-refractivity contribution is 8.00. The molecule has 134 valence electrons. The summed E-state index contributed by atoms with van der Waals surface area (Å²) in [6.07, 6.45) is 0. The van der Waals surface area contributed by atoms with E-state index in [1.807, 2.05) is 42.5 Å². The maximum atomic E-state index is 12.3. The number of imidazole rings is 1. The van der Waals surface area contributed by atoms with E-state index in [2.05, 4.69) is 20.1 Å². The topological polar surface area (TPSA) is 79.4 Å². The number of nitrogens with zero attached hydrogens (tertiary/aromatic N) is 3. The summed E-state index contributed by atoms with van der Waals surface area (Å²) in [4.78, 5) is 24.5. The number of aromatic amines is 2. The predicted molar refractivity (Wildman–Crippen MR) is 110 cm³/mol. The second-order valence-electron chi connectivity index (χ2n) is 5.91. The Bertz CT molecular complexity index is 1300. The van der Waals surface area contributed by atoms with E-state index < -0.39 is 0 Å². The van der Waals surface area contributed by atoms with E-state index in [9.17, 15) is 4.79 Å². The molecule has 9 heteroatoms. The lowest BCUT2D eigenvalue weighted by molar-refractivity contribution is 0.789. The molecule has 0 spiro atoms. The number of aromatic nitrogens is 5. The summed E-state index contributed by atoms with van der Waals surface area (Å²) >= 11 is 9.20. The van der Waals surface area contributed by atoms with E-state index in [1.54, 1.807) is 29.2 Å². The number of halogens is 1. The van der Waals surface area contributed by atoms with Gasteiger partial charge in [0, 0.05) is 22.5 Å². The first-order chi connectivity index (χ1) is 13.2. The summed E-state index contributed by atoms with van der Waals surface area (Å²) in [7, 11) is 0. The van der Waals surface area contributed by atoms with Gasteiger partial charge in [-0.15, -0.1) is 11.3 Å². The Morgan fingerprint density at radius 3 is 2.89 bits per heavy atom. The first kappa shape index (κ1) is 16.6. The van der Waals surface area contributed by atoms with Gasteiger partial charge in [0.15, 0.2) is 4.34 Å². The van der Waals surface area contributed by atoms with Crippen LogP contribution in [-0.4, -0.2) is 24.7 Å². The van der Waals surface area contributed by atoms with Crippen molar-refractivity contribution in [2.75, 3.05) is 0 Å². The molecule has 0 fully saturated rings. The van der Waals surface area contributed by atoms with E-state index in [-0.39, 0.29) is 5.56 Å². The molecule has 0 aliphatic carbocycles. The highest BCUT2D eigenvalue weighted by Gasteiger charge is 2.11. The lowest BCUT2D eigenvalue weighted by atomic mass is 10.3. The molecule has 2 aromatic carbocycles. The minimum absolute atomic E-state index is 0.152. The minimum Gasteiger partial charge on any atom is -0.322 e. The average molecular weight is 414 g/mol. The van der Waals surface area contributed by atoms with Crippen molar-refractivity contribution in [3.05, 3.63) is 69.6 Å². The fourth-order valence-electron chi connectivity index (χ4n) is 2.80. The van der Waals surface area contributed by atoms with Gasteiger partial charge in [0.05, 0.1) is 21.3 Å². The molecule has 5 aromatic rings. The standard InChI is InChI=1S/C18H12ClN5OS2/c19-10-5-6-15-14(7-10)22-18(27-15)26-9-11-8-16(25)24(23-11)17-20-12-3-1-2-4-13(12)21-17/h1-8,23H,9H2,(H,20,21).